The van der Waals surface area contributed by atoms with Gasteiger partial charge in [-0.3, -0.25) is 9.58 Å². The fourth-order valence-electron chi connectivity index (χ4n) is 3.29. The van der Waals surface area contributed by atoms with Crippen LogP contribution in [0, 0.1) is 0 Å². The van der Waals surface area contributed by atoms with Gasteiger partial charge in [0.15, 0.2) is 5.65 Å². The molecule has 1 saturated carbocycles. The molecule has 2 aromatic rings. The molecule has 0 bridgehead atoms. The van der Waals surface area contributed by atoms with E-state index in [1.54, 1.807) is 10.9 Å². The maximum absolute atomic E-state index is 6.04. The predicted octanol–water partition coefficient (Wildman–Crippen LogP) is 2.10. The Balaban J connectivity index is 1.83. The zero-order valence-corrected chi connectivity index (χ0v) is 12.9. The summed E-state index contributed by atoms with van der Waals surface area (Å²) in [7, 11) is 1.89. The van der Waals surface area contributed by atoms with Crippen LogP contribution in [-0.4, -0.2) is 37.2 Å². The van der Waals surface area contributed by atoms with Gasteiger partial charge in [0, 0.05) is 13.1 Å². The molecule has 0 aliphatic heterocycles. The van der Waals surface area contributed by atoms with E-state index < -0.39 is 0 Å². The number of fused-ring (bicyclic) bond motifs is 1. The number of nitrogens with two attached hydrogens (primary N) is 1. The summed E-state index contributed by atoms with van der Waals surface area (Å²) in [6.45, 7) is 4.00. The van der Waals surface area contributed by atoms with E-state index in [0.717, 1.165) is 29.9 Å². The Labute approximate surface area is 125 Å². The molecule has 2 heterocycles. The monoisotopic (exact) mass is 288 g/mol. The second-order valence-electron chi connectivity index (χ2n) is 5.89. The van der Waals surface area contributed by atoms with Crippen LogP contribution in [0.3, 0.4) is 0 Å². The van der Waals surface area contributed by atoms with Crippen LogP contribution in [0.2, 0.25) is 0 Å². The van der Waals surface area contributed by atoms with E-state index in [4.69, 9.17) is 5.73 Å². The minimum atomic E-state index is 0.530. The number of aryl methyl sites for hydroxylation is 1. The lowest BCUT2D eigenvalue weighted by Gasteiger charge is -2.32. The summed E-state index contributed by atoms with van der Waals surface area (Å²) in [5.74, 6) is 1.33. The van der Waals surface area contributed by atoms with Gasteiger partial charge in [0.2, 0.25) is 0 Å². The van der Waals surface area contributed by atoms with Crippen LogP contribution in [0.25, 0.3) is 11.0 Å². The minimum absolute atomic E-state index is 0.530. The highest BCUT2D eigenvalue weighted by molar-refractivity contribution is 5.84. The van der Waals surface area contributed by atoms with E-state index in [1.807, 2.05) is 7.05 Å². The van der Waals surface area contributed by atoms with Crippen LogP contribution >= 0.6 is 0 Å². The van der Waals surface area contributed by atoms with Crippen LogP contribution in [-0.2, 0) is 13.6 Å². The Morgan fingerprint density at radius 2 is 2.05 bits per heavy atom. The molecule has 3 rings (SSSR count). The summed E-state index contributed by atoms with van der Waals surface area (Å²) in [4.78, 5) is 11.6. The third kappa shape index (κ3) is 2.85. The van der Waals surface area contributed by atoms with Crippen molar-refractivity contribution in [2.75, 3.05) is 12.3 Å². The smallest absolute Gasteiger partial charge is 0.163 e. The van der Waals surface area contributed by atoms with Crippen LogP contribution < -0.4 is 5.73 Å². The van der Waals surface area contributed by atoms with E-state index >= 15 is 0 Å². The molecule has 21 heavy (non-hydrogen) atoms. The molecule has 2 aromatic heterocycles. The van der Waals surface area contributed by atoms with Gasteiger partial charge in [-0.15, -0.1) is 0 Å². The Kier molecular flexibility index (Phi) is 4.05. The normalized spacial score (nSPS) is 16.9. The number of anilines is 1. The molecule has 1 aliphatic carbocycles. The molecular weight excluding hydrogens is 264 g/mol. The lowest BCUT2D eigenvalue weighted by Crippen LogP contribution is -2.36. The molecule has 0 radical (unpaired) electrons. The fourth-order valence-corrected chi connectivity index (χ4v) is 3.29. The number of nitrogen functional groups attached to an aromatic ring is 1. The van der Waals surface area contributed by atoms with Gasteiger partial charge in [-0.25, -0.2) is 9.97 Å². The van der Waals surface area contributed by atoms with Crippen molar-refractivity contribution in [3.05, 3.63) is 12.0 Å². The Morgan fingerprint density at radius 3 is 2.76 bits per heavy atom. The summed E-state index contributed by atoms with van der Waals surface area (Å²) in [6.07, 6.45) is 8.36. The van der Waals surface area contributed by atoms with Gasteiger partial charge in [-0.2, -0.15) is 5.10 Å². The van der Waals surface area contributed by atoms with Gasteiger partial charge in [-0.05, 0) is 19.4 Å². The molecule has 6 heteroatoms. The number of rotatable bonds is 4. The molecule has 1 aliphatic rings. The third-order valence-corrected chi connectivity index (χ3v) is 4.51. The van der Waals surface area contributed by atoms with Crippen molar-refractivity contribution in [2.45, 2.75) is 51.6 Å². The Bertz CT molecular complexity index is 614. The van der Waals surface area contributed by atoms with Gasteiger partial charge in [0.1, 0.15) is 11.6 Å². The highest BCUT2D eigenvalue weighted by Gasteiger charge is 2.21. The first-order valence-electron chi connectivity index (χ1n) is 7.87. The minimum Gasteiger partial charge on any atom is -0.383 e. The van der Waals surface area contributed by atoms with Crippen LogP contribution in [0.1, 0.15) is 44.9 Å². The second-order valence-corrected chi connectivity index (χ2v) is 5.89. The average Bonchev–Trinajstić information content (AvgIpc) is 2.88. The molecule has 0 unspecified atom stereocenters. The van der Waals surface area contributed by atoms with Crippen LogP contribution in [0.4, 0.5) is 5.82 Å². The first-order valence-corrected chi connectivity index (χ1v) is 7.87. The average molecular weight is 288 g/mol. The van der Waals surface area contributed by atoms with Crippen LogP contribution in [0.15, 0.2) is 6.20 Å². The lowest BCUT2D eigenvalue weighted by atomic mass is 9.94. The van der Waals surface area contributed by atoms with E-state index in [9.17, 15) is 0 Å². The first-order chi connectivity index (χ1) is 10.2. The molecule has 0 saturated heterocycles. The first kappa shape index (κ1) is 14.3. The quantitative estimate of drug-likeness (QED) is 0.932. The summed E-state index contributed by atoms with van der Waals surface area (Å²) < 4.78 is 1.76. The number of aromatic nitrogens is 4. The van der Waals surface area contributed by atoms with E-state index in [0.29, 0.717) is 11.9 Å². The molecular formula is C15H24N6. The highest BCUT2D eigenvalue weighted by Crippen LogP contribution is 2.24. The van der Waals surface area contributed by atoms with Gasteiger partial charge in [0.05, 0.1) is 18.1 Å². The zero-order chi connectivity index (χ0) is 14.8. The van der Waals surface area contributed by atoms with Crippen molar-refractivity contribution in [1.29, 1.82) is 0 Å². The number of hydrogen-bond donors (Lipinski definition) is 1. The fraction of sp³-hybridized carbons (Fsp3) is 0.667. The van der Waals surface area contributed by atoms with E-state index in [-0.39, 0.29) is 0 Å². The van der Waals surface area contributed by atoms with Gasteiger partial charge < -0.3 is 5.73 Å². The molecule has 2 N–H and O–H groups in total. The Hall–Kier alpha value is -1.69. The van der Waals surface area contributed by atoms with Crippen molar-refractivity contribution < 1.29 is 0 Å². The summed E-state index contributed by atoms with van der Waals surface area (Å²) in [5.41, 5.74) is 6.86. The highest BCUT2D eigenvalue weighted by atomic mass is 15.3. The molecule has 0 aromatic carbocycles. The predicted molar refractivity (Wildman–Crippen MR) is 83.7 cm³/mol. The van der Waals surface area contributed by atoms with Crippen molar-refractivity contribution in [2.24, 2.45) is 7.05 Å². The molecule has 0 atom stereocenters. The number of hydrogen-bond acceptors (Lipinski definition) is 5. The van der Waals surface area contributed by atoms with Crippen molar-refractivity contribution in [3.63, 3.8) is 0 Å². The van der Waals surface area contributed by atoms with Gasteiger partial charge >= 0.3 is 0 Å². The lowest BCUT2D eigenvalue weighted by molar-refractivity contribution is 0.152. The maximum atomic E-state index is 6.04. The van der Waals surface area contributed by atoms with Gasteiger partial charge in [-0.1, -0.05) is 26.2 Å². The summed E-state index contributed by atoms with van der Waals surface area (Å²) >= 11 is 0. The maximum Gasteiger partial charge on any atom is 0.163 e. The standard InChI is InChI=1S/C15H24N6/c1-3-21(11-7-5-4-6-8-11)10-13-18-14(16)12-9-17-20(2)15(12)19-13/h9,11H,3-8,10H2,1-2H3,(H2,16,18,19). The molecule has 6 nitrogen and oxygen atoms in total. The van der Waals surface area contributed by atoms with Crippen molar-refractivity contribution >= 4 is 16.9 Å². The molecule has 0 spiro atoms. The summed E-state index contributed by atoms with van der Waals surface area (Å²) in [5, 5.41) is 5.04. The Morgan fingerprint density at radius 1 is 1.29 bits per heavy atom. The van der Waals surface area contributed by atoms with Gasteiger partial charge in [0.25, 0.3) is 0 Å². The largest absolute Gasteiger partial charge is 0.383 e. The van der Waals surface area contributed by atoms with Crippen molar-refractivity contribution in [3.8, 4) is 0 Å². The SMILES string of the molecule is CCN(Cc1nc(N)c2cnn(C)c2n1)C1CCCCC1. The van der Waals surface area contributed by atoms with Crippen LogP contribution in [0.5, 0.6) is 0 Å². The topological polar surface area (TPSA) is 72.9 Å². The molecule has 1 fully saturated rings. The van der Waals surface area contributed by atoms with E-state index in [1.165, 1.54) is 32.1 Å². The third-order valence-electron chi connectivity index (χ3n) is 4.51. The van der Waals surface area contributed by atoms with Crippen molar-refractivity contribution in [1.82, 2.24) is 24.6 Å². The molecule has 114 valence electrons. The molecule has 0 amide bonds. The second kappa shape index (κ2) is 5.97. The zero-order valence-electron chi connectivity index (χ0n) is 12.9. The number of nitrogens with zero attached hydrogens (tertiary/aromatic N) is 5. The summed E-state index contributed by atoms with van der Waals surface area (Å²) in [6, 6.07) is 0.663. The van der Waals surface area contributed by atoms with E-state index in [2.05, 4.69) is 26.9 Å².